The van der Waals surface area contributed by atoms with Crippen molar-refractivity contribution in [3.63, 3.8) is 0 Å². The van der Waals surface area contributed by atoms with Gasteiger partial charge in [0.05, 0.1) is 5.16 Å². The highest BCUT2D eigenvalue weighted by atomic mass is 32.1. The maximum Gasteiger partial charge on any atom is 0.153 e. The van der Waals surface area contributed by atoms with Crippen molar-refractivity contribution in [2.75, 3.05) is 0 Å². The molecule has 37 heavy (non-hydrogen) atoms. The number of aryl methyl sites for hydroxylation is 2. The Morgan fingerprint density at radius 2 is 1.24 bits per heavy atom. The highest BCUT2D eigenvalue weighted by Gasteiger charge is 2.09. The summed E-state index contributed by atoms with van der Waals surface area (Å²) in [5.74, 6) is 17.1. The number of rotatable bonds is 5. The molecule has 0 bridgehead atoms. The molecule has 0 fully saturated rings. The highest BCUT2D eigenvalue weighted by Crippen LogP contribution is 2.23. The third-order valence-corrected chi connectivity index (χ3v) is 5.75. The summed E-state index contributed by atoms with van der Waals surface area (Å²) in [7, 11) is 0. The molecule has 0 spiro atoms. The van der Waals surface area contributed by atoms with Crippen LogP contribution < -0.4 is 0 Å². The summed E-state index contributed by atoms with van der Waals surface area (Å²) in [6, 6.07) is 13.8. The molecule has 0 aliphatic carbocycles. The molecule has 0 amide bonds. The second-order valence-corrected chi connectivity index (χ2v) is 8.85. The van der Waals surface area contributed by atoms with E-state index in [0.29, 0.717) is 5.56 Å². The lowest BCUT2D eigenvalue weighted by Gasteiger charge is -2.04. The fraction of sp³-hybridized carbons (Fsp3) is 0.242. The van der Waals surface area contributed by atoms with E-state index in [2.05, 4.69) is 85.6 Å². The first kappa shape index (κ1) is 27.6. The molecule has 0 aliphatic rings. The van der Waals surface area contributed by atoms with Crippen LogP contribution in [0.2, 0.25) is 0 Å². The lowest BCUT2D eigenvalue weighted by atomic mass is 9.99. The van der Waals surface area contributed by atoms with Gasteiger partial charge < -0.3 is 0 Å². The van der Waals surface area contributed by atoms with Crippen LogP contribution in [-0.2, 0) is 0 Å². The molecule has 0 saturated heterocycles. The number of isothiocyanates is 1. The van der Waals surface area contributed by atoms with Crippen LogP contribution in [0.25, 0.3) is 0 Å². The third kappa shape index (κ3) is 8.27. The molecule has 0 aromatic heterocycles. The zero-order chi connectivity index (χ0) is 26.6. The summed E-state index contributed by atoms with van der Waals surface area (Å²) in [5, 5.41) is 1.97. The van der Waals surface area contributed by atoms with Gasteiger partial charge in [0.2, 0.25) is 0 Å². The van der Waals surface area contributed by atoms with Gasteiger partial charge in [-0.15, -0.1) is 0 Å². The predicted octanol–water partition coefficient (Wildman–Crippen LogP) is 8.44. The minimum absolute atomic E-state index is 0.206. The topological polar surface area (TPSA) is 12.4 Å². The van der Waals surface area contributed by atoms with Crippen LogP contribution in [0.1, 0.15) is 78.0 Å². The summed E-state index contributed by atoms with van der Waals surface area (Å²) in [5.41, 5.74) is 5.53. The van der Waals surface area contributed by atoms with Crippen LogP contribution in [0.4, 0.5) is 14.5 Å². The minimum atomic E-state index is -0.833. The third-order valence-electron chi connectivity index (χ3n) is 5.66. The number of unbranched alkanes of at least 4 members (excludes halogenated alkanes) is 4. The standard InChI is InChI=1S/C33H27F2NS/c1-4-5-6-7-8-9-10-28-19-24(2)30(25(3)20-28)18-17-27-13-11-26(12-14-27)15-16-29-21-31(34)33(36-23-37)32(35)22-29/h11-14,19-22H,4-8H2,1-3H3. The Morgan fingerprint density at radius 1 is 0.703 bits per heavy atom. The number of hydrogen-bond acceptors (Lipinski definition) is 2. The normalized spacial score (nSPS) is 9.65. The molecule has 3 rings (SSSR count). The second-order valence-electron chi connectivity index (χ2n) is 8.67. The molecule has 184 valence electrons. The molecule has 0 N–H and O–H groups in total. The van der Waals surface area contributed by atoms with Gasteiger partial charge in [0, 0.05) is 34.2 Å². The van der Waals surface area contributed by atoms with E-state index in [0.717, 1.165) is 52.8 Å². The molecule has 0 saturated carbocycles. The van der Waals surface area contributed by atoms with Crippen LogP contribution in [0.15, 0.2) is 53.5 Å². The van der Waals surface area contributed by atoms with Gasteiger partial charge in [0.15, 0.2) is 11.6 Å². The van der Waals surface area contributed by atoms with Crippen molar-refractivity contribution in [2.45, 2.75) is 52.9 Å². The molecule has 1 nitrogen and oxygen atoms in total. The van der Waals surface area contributed by atoms with E-state index in [4.69, 9.17) is 0 Å². The molecule has 0 heterocycles. The molecular formula is C33H27F2NS. The highest BCUT2D eigenvalue weighted by molar-refractivity contribution is 7.78. The summed E-state index contributed by atoms with van der Waals surface area (Å²) >= 11 is 4.41. The van der Waals surface area contributed by atoms with Gasteiger partial charge >= 0.3 is 0 Å². The maximum absolute atomic E-state index is 14.0. The van der Waals surface area contributed by atoms with Gasteiger partial charge in [-0.25, -0.2) is 8.78 Å². The summed E-state index contributed by atoms with van der Waals surface area (Å²) in [4.78, 5) is 3.40. The predicted molar refractivity (Wildman–Crippen MR) is 151 cm³/mol. The van der Waals surface area contributed by atoms with Crippen molar-refractivity contribution in [3.05, 3.63) is 99.1 Å². The Balaban J connectivity index is 1.70. The SMILES string of the molecule is CCCCCCC#Cc1cc(C)c(C#Cc2ccc(C#Cc3cc(F)c(N=C=S)c(F)c3)cc2)c(C)c1. The largest absolute Gasteiger partial charge is 0.204 e. The van der Waals surface area contributed by atoms with Gasteiger partial charge in [-0.2, -0.15) is 4.99 Å². The molecule has 3 aromatic rings. The fourth-order valence-corrected chi connectivity index (χ4v) is 3.83. The monoisotopic (exact) mass is 507 g/mol. The van der Waals surface area contributed by atoms with E-state index in [-0.39, 0.29) is 5.56 Å². The molecule has 3 aromatic carbocycles. The van der Waals surface area contributed by atoms with Gasteiger partial charge in [-0.05, 0) is 92.1 Å². The van der Waals surface area contributed by atoms with E-state index in [1.165, 1.54) is 19.3 Å². The lowest BCUT2D eigenvalue weighted by molar-refractivity contribution is 0.587. The maximum atomic E-state index is 14.0. The van der Waals surface area contributed by atoms with Crippen LogP contribution in [0.3, 0.4) is 0 Å². The Labute approximate surface area is 224 Å². The Morgan fingerprint density at radius 3 is 1.81 bits per heavy atom. The Hall–Kier alpha value is -4.00. The van der Waals surface area contributed by atoms with Crippen molar-refractivity contribution in [2.24, 2.45) is 4.99 Å². The summed E-state index contributed by atoms with van der Waals surface area (Å²) in [6.07, 6.45) is 5.83. The summed E-state index contributed by atoms with van der Waals surface area (Å²) in [6.45, 7) is 6.33. The van der Waals surface area contributed by atoms with Gasteiger partial charge in [0.25, 0.3) is 0 Å². The first-order valence-corrected chi connectivity index (χ1v) is 12.6. The van der Waals surface area contributed by atoms with Crippen molar-refractivity contribution in [3.8, 4) is 35.5 Å². The van der Waals surface area contributed by atoms with E-state index < -0.39 is 17.3 Å². The Kier molecular flexibility index (Phi) is 10.4. The van der Waals surface area contributed by atoms with Gasteiger partial charge in [0.1, 0.15) is 5.69 Å². The van der Waals surface area contributed by atoms with Crippen molar-refractivity contribution in [1.82, 2.24) is 0 Å². The second kappa shape index (κ2) is 13.9. The van der Waals surface area contributed by atoms with Crippen LogP contribution in [-0.4, -0.2) is 5.16 Å². The van der Waals surface area contributed by atoms with E-state index in [9.17, 15) is 8.78 Å². The molecule has 0 atom stereocenters. The fourth-order valence-electron chi connectivity index (χ4n) is 3.74. The molecule has 0 unspecified atom stereocenters. The molecule has 0 radical (unpaired) electrons. The number of aliphatic imine (C=N–C) groups is 1. The van der Waals surface area contributed by atoms with Crippen LogP contribution in [0.5, 0.6) is 0 Å². The van der Waals surface area contributed by atoms with Crippen LogP contribution in [0, 0.1) is 61.0 Å². The van der Waals surface area contributed by atoms with E-state index in [1.54, 1.807) is 0 Å². The van der Waals surface area contributed by atoms with Crippen molar-refractivity contribution in [1.29, 1.82) is 0 Å². The van der Waals surface area contributed by atoms with E-state index >= 15 is 0 Å². The first-order chi connectivity index (χ1) is 17.9. The number of benzene rings is 3. The smallest absolute Gasteiger partial charge is 0.153 e. The average molecular weight is 508 g/mol. The number of hydrogen-bond donors (Lipinski definition) is 0. The van der Waals surface area contributed by atoms with Crippen LogP contribution >= 0.6 is 12.2 Å². The van der Waals surface area contributed by atoms with Gasteiger partial charge in [-0.3, -0.25) is 0 Å². The first-order valence-electron chi connectivity index (χ1n) is 12.2. The zero-order valence-corrected chi connectivity index (χ0v) is 22.1. The zero-order valence-electron chi connectivity index (χ0n) is 21.3. The number of thiocarbonyl (C=S) groups is 1. The molecule has 4 heteroatoms. The number of halogens is 2. The Bertz CT molecular complexity index is 1460. The van der Waals surface area contributed by atoms with Crippen molar-refractivity contribution < 1.29 is 8.78 Å². The lowest BCUT2D eigenvalue weighted by Crippen LogP contribution is -1.90. The van der Waals surface area contributed by atoms with Gasteiger partial charge in [-0.1, -0.05) is 61.7 Å². The minimum Gasteiger partial charge on any atom is -0.204 e. The van der Waals surface area contributed by atoms with Crippen molar-refractivity contribution >= 4 is 23.1 Å². The summed E-state index contributed by atoms with van der Waals surface area (Å²) < 4.78 is 28.0. The number of nitrogens with zero attached hydrogens (tertiary/aromatic N) is 1. The van der Waals surface area contributed by atoms with E-state index in [1.807, 2.05) is 29.4 Å². The molecule has 0 aliphatic heterocycles. The quantitative estimate of drug-likeness (QED) is 0.146. The molecular weight excluding hydrogens is 480 g/mol. The average Bonchev–Trinajstić information content (AvgIpc) is 2.87.